The Labute approximate surface area is 96.7 Å². The van der Waals surface area contributed by atoms with Gasteiger partial charge in [0.05, 0.1) is 10.9 Å². The van der Waals surface area contributed by atoms with Crippen molar-refractivity contribution in [2.75, 3.05) is 13.3 Å². The molecule has 1 unspecified atom stereocenters. The highest BCUT2D eigenvalue weighted by atomic mass is 35.5. The number of halogens is 1. The summed E-state index contributed by atoms with van der Waals surface area (Å²) in [5.41, 5.74) is 5.85. The molecule has 1 heterocycles. The predicted octanol–water partition coefficient (Wildman–Crippen LogP) is 1.20. The van der Waals surface area contributed by atoms with Crippen LogP contribution in [-0.4, -0.2) is 24.4 Å². The summed E-state index contributed by atoms with van der Waals surface area (Å²) in [7, 11) is 0. The number of hydrogen-bond acceptors (Lipinski definition) is 4. The predicted molar refractivity (Wildman–Crippen MR) is 57.0 cm³/mol. The number of nitrogens with two attached hydrogens (primary N) is 1. The minimum atomic E-state index is -1.01. The second kappa shape index (κ2) is 4.19. The molecule has 0 fully saturated rings. The monoisotopic (exact) mass is 243 g/mol. The molecule has 86 valence electrons. The van der Waals surface area contributed by atoms with Crippen LogP contribution in [0.25, 0.3) is 0 Å². The summed E-state index contributed by atoms with van der Waals surface area (Å²) >= 11 is 6.05. The Morgan fingerprint density at radius 1 is 1.56 bits per heavy atom. The van der Waals surface area contributed by atoms with Crippen LogP contribution in [0.5, 0.6) is 11.5 Å². The highest BCUT2D eigenvalue weighted by Crippen LogP contribution is 2.42. The number of aliphatic carboxylic acids is 1. The Balaban J connectivity index is 2.46. The van der Waals surface area contributed by atoms with Gasteiger partial charge >= 0.3 is 5.97 Å². The van der Waals surface area contributed by atoms with Gasteiger partial charge in [-0.05, 0) is 11.6 Å². The summed E-state index contributed by atoms with van der Waals surface area (Å²) < 4.78 is 10.3. The molecule has 0 bridgehead atoms. The van der Waals surface area contributed by atoms with Crippen LogP contribution >= 0.6 is 11.6 Å². The van der Waals surface area contributed by atoms with Crippen molar-refractivity contribution in [2.24, 2.45) is 5.73 Å². The molecule has 0 saturated heterocycles. The van der Waals surface area contributed by atoms with E-state index in [9.17, 15) is 4.79 Å². The maximum absolute atomic E-state index is 11.0. The zero-order chi connectivity index (χ0) is 11.7. The molecule has 0 spiro atoms. The Bertz CT molecular complexity index is 435. The van der Waals surface area contributed by atoms with Gasteiger partial charge in [-0.15, -0.1) is 0 Å². The Hall–Kier alpha value is -1.46. The Kier molecular flexibility index (Phi) is 2.89. The van der Waals surface area contributed by atoms with E-state index in [1.54, 1.807) is 12.1 Å². The second-order valence-electron chi connectivity index (χ2n) is 3.33. The summed E-state index contributed by atoms with van der Waals surface area (Å²) in [5, 5.41) is 9.25. The Morgan fingerprint density at radius 2 is 2.31 bits per heavy atom. The average molecular weight is 244 g/mol. The highest BCUT2D eigenvalue weighted by molar-refractivity contribution is 6.33. The van der Waals surface area contributed by atoms with Crippen molar-refractivity contribution >= 4 is 17.6 Å². The fourth-order valence-electron chi connectivity index (χ4n) is 1.58. The molecule has 2 rings (SSSR count). The van der Waals surface area contributed by atoms with Crippen LogP contribution in [0.15, 0.2) is 12.1 Å². The lowest BCUT2D eigenvalue weighted by Gasteiger charge is -2.12. The maximum Gasteiger partial charge on any atom is 0.312 e. The van der Waals surface area contributed by atoms with Crippen molar-refractivity contribution in [1.82, 2.24) is 0 Å². The van der Waals surface area contributed by atoms with Gasteiger partial charge in [0.1, 0.15) is 0 Å². The minimum Gasteiger partial charge on any atom is -0.481 e. The van der Waals surface area contributed by atoms with Gasteiger partial charge in [0, 0.05) is 6.54 Å². The molecule has 0 aromatic heterocycles. The first-order chi connectivity index (χ1) is 7.65. The van der Waals surface area contributed by atoms with Crippen molar-refractivity contribution < 1.29 is 19.4 Å². The van der Waals surface area contributed by atoms with Crippen LogP contribution < -0.4 is 15.2 Å². The van der Waals surface area contributed by atoms with E-state index in [1.807, 2.05) is 0 Å². The molecule has 1 aromatic carbocycles. The number of ether oxygens (including phenoxy) is 2. The van der Waals surface area contributed by atoms with Gasteiger partial charge in [0.2, 0.25) is 6.79 Å². The van der Waals surface area contributed by atoms with Gasteiger partial charge in [-0.2, -0.15) is 0 Å². The zero-order valence-corrected chi connectivity index (χ0v) is 9.03. The van der Waals surface area contributed by atoms with Gasteiger partial charge in [-0.1, -0.05) is 17.7 Å². The number of carbonyl (C=O) groups is 1. The number of benzene rings is 1. The van der Waals surface area contributed by atoms with Crippen molar-refractivity contribution in [3.05, 3.63) is 22.7 Å². The molecular formula is C10H10ClNO4. The van der Waals surface area contributed by atoms with Crippen LogP contribution in [0, 0.1) is 0 Å². The second-order valence-corrected chi connectivity index (χ2v) is 3.71. The van der Waals surface area contributed by atoms with Gasteiger partial charge in [-0.25, -0.2) is 0 Å². The van der Waals surface area contributed by atoms with Crippen molar-refractivity contribution in [3.8, 4) is 11.5 Å². The van der Waals surface area contributed by atoms with Gasteiger partial charge in [0.15, 0.2) is 11.5 Å². The van der Waals surface area contributed by atoms with Gasteiger partial charge in [0.25, 0.3) is 0 Å². The molecule has 1 aliphatic rings. The van der Waals surface area contributed by atoms with E-state index in [-0.39, 0.29) is 18.4 Å². The molecule has 0 aliphatic carbocycles. The number of rotatable bonds is 3. The molecule has 1 atom stereocenters. The summed E-state index contributed by atoms with van der Waals surface area (Å²) in [6.45, 7) is 0.0770. The van der Waals surface area contributed by atoms with E-state index in [0.717, 1.165) is 0 Å². The smallest absolute Gasteiger partial charge is 0.312 e. The highest BCUT2D eigenvalue weighted by Gasteiger charge is 2.26. The lowest BCUT2D eigenvalue weighted by atomic mass is 9.99. The SMILES string of the molecule is NCC(C(=O)O)c1ccc2c(c1Cl)OCO2. The molecular weight excluding hydrogens is 234 g/mol. The topological polar surface area (TPSA) is 81.8 Å². The zero-order valence-electron chi connectivity index (χ0n) is 8.27. The maximum atomic E-state index is 11.0. The van der Waals surface area contributed by atoms with E-state index >= 15 is 0 Å². The molecule has 0 amide bonds. The Morgan fingerprint density at radius 3 is 2.94 bits per heavy atom. The van der Waals surface area contributed by atoms with Crippen LogP contribution in [0.4, 0.5) is 0 Å². The van der Waals surface area contributed by atoms with Gasteiger partial charge < -0.3 is 20.3 Å². The first-order valence-corrected chi connectivity index (χ1v) is 5.03. The molecule has 6 heteroatoms. The molecule has 0 saturated carbocycles. The summed E-state index contributed by atoms with van der Waals surface area (Å²) in [6, 6.07) is 3.23. The lowest BCUT2D eigenvalue weighted by molar-refractivity contribution is -0.138. The fourth-order valence-corrected chi connectivity index (χ4v) is 1.93. The summed E-state index contributed by atoms with van der Waals surface area (Å²) in [5.74, 6) is -0.931. The van der Waals surface area contributed by atoms with Crippen LogP contribution in [0.3, 0.4) is 0 Å². The third-order valence-corrected chi connectivity index (χ3v) is 2.81. The molecule has 1 aliphatic heterocycles. The number of carboxylic acids is 1. The number of carboxylic acid groups (broad SMARTS) is 1. The standard InChI is InChI=1S/C10H10ClNO4/c11-8-5(6(3-12)10(13)14)1-2-7-9(8)16-4-15-7/h1-2,6H,3-4,12H2,(H,13,14). The third-order valence-electron chi connectivity index (χ3n) is 2.42. The number of fused-ring (bicyclic) bond motifs is 1. The van der Waals surface area contributed by atoms with Crippen LogP contribution in [-0.2, 0) is 4.79 Å². The van der Waals surface area contributed by atoms with Crippen LogP contribution in [0.2, 0.25) is 5.02 Å². The molecule has 5 nitrogen and oxygen atoms in total. The molecule has 3 N–H and O–H groups in total. The normalized spacial score (nSPS) is 14.9. The largest absolute Gasteiger partial charge is 0.481 e. The first kappa shape index (κ1) is 11.0. The van der Waals surface area contributed by atoms with Crippen molar-refractivity contribution in [1.29, 1.82) is 0 Å². The molecule has 0 radical (unpaired) electrons. The summed E-state index contributed by atoms with van der Waals surface area (Å²) in [6.07, 6.45) is 0. The van der Waals surface area contributed by atoms with Crippen LogP contribution in [0.1, 0.15) is 11.5 Å². The number of hydrogen-bond donors (Lipinski definition) is 2. The fraction of sp³-hybridized carbons (Fsp3) is 0.300. The average Bonchev–Trinajstić information content (AvgIpc) is 2.70. The van der Waals surface area contributed by atoms with E-state index in [2.05, 4.69) is 0 Å². The first-order valence-electron chi connectivity index (χ1n) is 4.66. The lowest BCUT2D eigenvalue weighted by Crippen LogP contribution is -2.21. The third kappa shape index (κ3) is 1.68. The van der Waals surface area contributed by atoms with E-state index in [1.165, 1.54) is 0 Å². The molecule has 16 heavy (non-hydrogen) atoms. The molecule has 1 aromatic rings. The minimum absolute atomic E-state index is 0.0191. The van der Waals surface area contributed by atoms with E-state index < -0.39 is 11.9 Å². The van der Waals surface area contributed by atoms with Gasteiger partial charge in [-0.3, -0.25) is 4.79 Å². The summed E-state index contributed by atoms with van der Waals surface area (Å²) in [4.78, 5) is 11.0. The van der Waals surface area contributed by atoms with Crippen molar-refractivity contribution in [3.63, 3.8) is 0 Å². The van der Waals surface area contributed by atoms with E-state index in [0.29, 0.717) is 17.1 Å². The van der Waals surface area contributed by atoms with E-state index in [4.69, 9.17) is 31.9 Å². The quantitative estimate of drug-likeness (QED) is 0.834. The van der Waals surface area contributed by atoms with Crippen molar-refractivity contribution in [2.45, 2.75) is 5.92 Å².